The summed E-state index contributed by atoms with van der Waals surface area (Å²) in [4.78, 5) is 87.6. The molecule has 1 aliphatic heterocycles. The van der Waals surface area contributed by atoms with Crippen LogP contribution in [0.25, 0.3) is 0 Å². The highest BCUT2D eigenvalue weighted by atomic mass is 16.5. The summed E-state index contributed by atoms with van der Waals surface area (Å²) in [5.74, 6) is -2.78. The van der Waals surface area contributed by atoms with Crippen molar-refractivity contribution < 1.29 is 43.0 Å². The zero-order valence-electron chi connectivity index (χ0n) is 32.6. The number of esters is 1. The van der Waals surface area contributed by atoms with Gasteiger partial charge in [-0.15, -0.1) is 0 Å². The topological polar surface area (TPSA) is 189 Å². The molecule has 6 amide bonds. The summed E-state index contributed by atoms with van der Waals surface area (Å²) < 4.78 is 11.3. The van der Waals surface area contributed by atoms with E-state index in [4.69, 9.17) is 9.47 Å². The Morgan fingerprint density at radius 1 is 0.852 bits per heavy atom. The van der Waals surface area contributed by atoms with Crippen molar-refractivity contribution in [1.82, 2.24) is 16.0 Å². The normalized spacial score (nSPS) is 15.1. The molecule has 0 aromatic heterocycles. The van der Waals surface area contributed by atoms with Crippen LogP contribution in [0.1, 0.15) is 92.2 Å². The number of ether oxygens (including phenoxy) is 2. The predicted molar refractivity (Wildman–Crippen MR) is 203 cm³/mol. The molecule has 1 heterocycles. The van der Waals surface area contributed by atoms with Crippen LogP contribution in [0.5, 0.6) is 0 Å². The second-order valence-corrected chi connectivity index (χ2v) is 15.3. The fourth-order valence-corrected chi connectivity index (χ4v) is 5.44. The van der Waals surface area contributed by atoms with Gasteiger partial charge < -0.3 is 30.7 Å². The summed E-state index contributed by atoms with van der Waals surface area (Å²) in [5.41, 5.74) is 1.29. The number of amides is 6. The highest BCUT2D eigenvalue weighted by molar-refractivity contribution is 6.20. The Morgan fingerprint density at radius 3 is 2.07 bits per heavy atom. The number of hydrogen-bond acceptors (Lipinski definition) is 9. The Hall–Kier alpha value is -5.11. The summed E-state index contributed by atoms with van der Waals surface area (Å²) in [6.07, 6.45) is 1.33. The van der Waals surface area contributed by atoms with Crippen molar-refractivity contribution >= 4 is 52.8 Å². The third-order valence-corrected chi connectivity index (χ3v) is 8.87. The smallest absolute Gasteiger partial charge is 0.308 e. The Labute approximate surface area is 317 Å². The fourth-order valence-electron chi connectivity index (χ4n) is 5.44. The largest absolute Gasteiger partial charge is 0.461 e. The highest BCUT2D eigenvalue weighted by Gasteiger charge is 2.36. The maximum atomic E-state index is 12.8. The van der Waals surface area contributed by atoms with Gasteiger partial charge >= 0.3 is 5.97 Å². The van der Waals surface area contributed by atoms with Gasteiger partial charge in [-0.2, -0.15) is 0 Å². The number of anilines is 2. The first kappa shape index (κ1) is 43.3. The minimum atomic E-state index is -0.862. The molecule has 2 aromatic carbocycles. The van der Waals surface area contributed by atoms with Crippen molar-refractivity contribution in [3.63, 3.8) is 0 Å². The summed E-state index contributed by atoms with van der Waals surface area (Å²) in [5, 5.41) is 10.9. The summed E-state index contributed by atoms with van der Waals surface area (Å²) in [6.45, 7) is 14.4. The summed E-state index contributed by atoms with van der Waals surface area (Å²) in [6, 6.07) is 12.8. The van der Waals surface area contributed by atoms with E-state index in [9.17, 15) is 33.6 Å². The molecule has 1 fully saturated rings. The van der Waals surface area contributed by atoms with E-state index in [-0.39, 0.29) is 73.8 Å². The van der Waals surface area contributed by atoms with Crippen LogP contribution in [0.15, 0.2) is 48.5 Å². The van der Waals surface area contributed by atoms with Gasteiger partial charge in [-0.25, -0.2) is 0 Å². The zero-order chi connectivity index (χ0) is 40.2. The Balaban J connectivity index is 1.31. The van der Waals surface area contributed by atoms with E-state index in [1.54, 1.807) is 69.3 Å². The number of hydrogen-bond donors (Lipinski definition) is 4. The molecule has 294 valence electrons. The number of carbonyl (C=O) groups is 7. The van der Waals surface area contributed by atoms with Crippen molar-refractivity contribution in [1.29, 1.82) is 0 Å². The molecule has 14 nitrogen and oxygen atoms in total. The molecular formula is C40H55N5O9. The molecular weight excluding hydrogens is 694 g/mol. The van der Waals surface area contributed by atoms with Crippen LogP contribution >= 0.6 is 0 Å². The molecule has 0 saturated carbocycles. The molecule has 4 N–H and O–H groups in total. The number of nitrogens with one attached hydrogen (secondary N) is 4. The van der Waals surface area contributed by atoms with Crippen LogP contribution < -0.4 is 26.2 Å². The van der Waals surface area contributed by atoms with E-state index in [0.29, 0.717) is 30.8 Å². The van der Waals surface area contributed by atoms with Gasteiger partial charge in [-0.3, -0.25) is 38.5 Å². The van der Waals surface area contributed by atoms with Crippen LogP contribution in [0.2, 0.25) is 0 Å². The number of imide groups is 1. The van der Waals surface area contributed by atoms with Gasteiger partial charge in [0, 0.05) is 36.6 Å². The number of rotatable bonds is 19. The Morgan fingerprint density at radius 2 is 1.48 bits per heavy atom. The summed E-state index contributed by atoms with van der Waals surface area (Å²) in [7, 11) is 0. The second kappa shape index (κ2) is 19.3. The Bertz CT molecular complexity index is 1670. The minimum Gasteiger partial charge on any atom is -0.461 e. The minimum absolute atomic E-state index is 0.112. The van der Waals surface area contributed by atoms with Gasteiger partial charge in [0.15, 0.2) is 0 Å². The van der Waals surface area contributed by atoms with E-state index in [1.165, 1.54) is 11.8 Å². The lowest BCUT2D eigenvalue weighted by Gasteiger charge is -2.30. The monoisotopic (exact) mass is 749 g/mol. The first-order chi connectivity index (χ1) is 25.2. The van der Waals surface area contributed by atoms with Gasteiger partial charge in [0.05, 0.1) is 30.2 Å². The number of benzene rings is 2. The van der Waals surface area contributed by atoms with Gasteiger partial charge in [-0.1, -0.05) is 45.0 Å². The average molecular weight is 750 g/mol. The molecule has 0 radical (unpaired) electrons. The fraction of sp³-hybridized carbons (Fsp3) is 0.525. The highest BCUT2D eigenvalue weighted by Crippen LogP contribution is 2.26. The molecule has 2 atom stereocenters. The molecule has 1 aliphatic rings. The van der Waals surface area contributed by atoms with Crippen molar-refractivity contribution in [2.45, 2.75) is 111 Å². The van der Waals surface area contributed by atoms with Crippen LogP contribution in [-0.2, 0) is 56.1 Å². The summed E-state index contributed by atoms with van der Waals surface area (Å²) >= 11 is 0. The van der Waals surface area contributed by atoms with Crippen LogP contribution in [0, 0.1) is 11.8 Å². The molecule has 0 bridgehead atoms. The van der Waals surface area contributed by atoms with Gasteiger partial charge in [0.25, 0.3) is 0 Å². The average Bonchev–Trinajstić information content (AvgIpc) is 3.35. The van der Waals surface area contributed by atoms with Gasteiger partial charge in [0.1, 0.15) is 12.6 Å². The lowest BCUT2D eigenvalue weighted by atomic mass is 9.99. The quantitative estimate of drug-likeness (QED) is 0.122. The van der Waals surface area contributed by atoms with E-state index >= 15 is 0 Å². The standard InChI is InChI=1S/C40H55N5O9/c1-25(2)38(52)53-24-29-9-13-30(14-10-29)43-36(50)27(4)42-34(48)23-41-32(46)17-18-40(7,8)54-20-19-39(5,6)44-33(47)22-28-11-15-31(16-12-28)45-35(49)21-26(3)37(45)51/h9-16,25-27H,17-24H2,1-8H3,(H,41,46)(H,42,48)(H,43,50)(H,44,47). The first-order valence-electron chi connectivity index (χ1n) is 18.3. The molecule has 14 heteroatoms. The molecule has 54 heavy (non-hydrogen) atoms. The maximum absolute atomic E-state index is 12.8. The SMILES string of the molecule is CC(C)C(=O)OCc1ccc(NC(=O)C(C)NC(=O)CNC(=O)CCC(C)(C)OCCC(C)(C)NC(=O)Cc2ccc(N3C(=O)CC(C)C3=O)cc2)cc1. The van der Waals surface area contributed by atoms with Crippen molar-refractivity contribution in [3.05, 3.63) is 59.7 Å². The molecule has 2 unspecified atom stereocenters. The maximum Gasteiger partial charge on any atom is 0.308 e. The lowest BCUT2D eigenvalue weighted by molar-refractivity contribution is -0.148. The zero-order valence-corrected chi connectivity index (χ0v) is 32.6. The lowest BCUT2D eigenvalue weighted by Crippen LogP contribution is -2.46. The van der Waals surface area contributed by atoms with Crippen molar-refractivity contribution in [2.75, 3.05) is 23.4 Å². The number of nitrogens with zero attached hydrogens (tertiary/aromatic N) is 1. The van der Waals surface area contributed by atoms with Crippen molar-refractivity contribution in [3.8, 4) is 0 Å². The molecule has 2 aromatic rings. The molecule has 0 aliphatic carbocycles. The van der Waals surface area contributed by atoms with Crippen LogP contribution in [-0.4, -0.2) is 71.7 Å². The van der Waals surface area contributed by atoms with E-state index in [1.807, 2.05) is 27.7 Å². The van der Waals surface area contributed by atoms with Crippen LogP contribution in [0.4, 0.5) is 11.4 Å². The van der Waals surface area contributed by atoms with E-state index in [0.717, 1.165) is 11.1 Å². The van der Waals surface area contributed by atoms with Crippen LogP contribution in [0.3, 0.4) is 0 Å². The molecule has 3 rings (SSSR count). The van der Waals surface area contributed by atoms with Gasteiger partial charge in [0.2, 0.25) is 35.4 Å². The molecule has 0 spiro atoms. The van der Waals surface area contributed by atoms with Gasteiger partial charge in [-0.05, 0) is 82.9 Å². The first-order valence-corrected chi connectivity index (χ1v) is 18.3. The predicted octanol–water partition coefficient (Wildman–Crippen LogP) is 3.95. The Kier molecular flexibility index (Phi) is 15.5. The third-order valence-electron chi connectivity index (χ3n) is 8.87. The van der Waals surface area contributed by atoms with E-state index in [2.05, 4.69) is 21.3 Å². The van der Waals surface area contributed by atoms with E-state index < -0.39 is 29.0 Å². The second-order valence-electron chi connectivity index (χ2n) is 15.3. The molecule has 1 saturated heterocycles. The van der Waals surface area contributed by atoms with Crippen molar-refractivity contribution in [2.24, 2.45) is 11.8 Å². The number of carbonyl (C=O) groups excluding carboxylic acids is 7. The third kappa shape index (κ3) is 14.0.